The molecule has 0 saturated carbocycles. The SMILES string of the molecule is N[C@H]1c2ccccc2C[C@@H]1NC(=O)c1ccc2c(c1)OCCO2. The highest BCUT2D eigenvalue weighted by atomic mass is 16.6. The van der Waals surface area contributed by atoms with E-state index in [4.69, 9.17) is 15.2 Å². The summed E-state index contributed by atoms with van der Waals surface area (Å²) in [6.07, 6.45) is 0.758. The van der Waals surface area contributed by atoms with Gasteiger partial charge < -0.3 is 20.5 Å². The largest absolute Gasteiger partial charge is 0.486 e. The zero-order valence-electron chi connectivity index (χ0n) is 12.6. The van der Waals surface area contributed by atoms with E-state index in [2.05, 4.69) is 11.4 Å². The normalized spacial score (nSPS) is 21.6. The third kappa shape index (κ3) is 2.53. The molecule has 4 rings (SSSR count). The molecule has 2 atom stereocenters. The molecule has 1 amide bonds. The fraction of sp³-hybridized carbons (Fsp3) is 0.278. The molecule has 0 saturated heterocycles. The molecule has 0 bridgehead atoms. The summed E-state index contributed by atoms with van der Waals surface area (Å²) in [7, 11) is 0. The van der Waals surface area contributed by atoms with Crippen molar-refractivity contribution in [3.05, 3.63) is 59.2 Å². The number of ether oxygens (including phenoxy) is 2. The van der Waals surface area contributed by atoms with Crippen LogP contribution < -0.4 is 20.5 Å². The van der Waals surface area contributed by atoms with Crippen molar-refractivity contribution < 1.29 is 14.3 Å². The van der Waals surface area contributed by atoms with Crippen LogP contribution in [0, 0.1) is 0 Å². The van der Waals surface area contributed by atoms with E-state index in [0.29, 0.717) is 30.3 Å². The van der Waals surface area contributed by atoms with Gasteiger partial charge in [0.1, 0.15) is 13.2 Å². The summed E-state index contributed by atoms with van der Waals surface area (Å²) in [5.74, 6) is 1.15. The van der Waals surface area contributed by atoms with Gasteiger partial charge in [0, 0.05) is 5.56 Å². The highest BCUT2D eigenvalue weighted by Gasteiger charge is 2.30. The van der Waals surface area contributed by atoms with Gasteiger partial charge in [0.25, 0.3) is 5.91 Å². The smallest absolute Gasteiger partial charge is 0.251 e. The first-order valence-electron chi connectivity index (χ1n) is 7.76. The van der Waals surface area contributed by atoms with E-state index in [1.54, 1.807) is 18.2 Å². The Morgan fingerprint density at radius 3 is 2.70 bits per heavy atom. The Balaban J connectivity index is 1.51. The predicted octanol–water partition coefficient (Wildman–Crippen LogP) is 1.81. The van der Waals surface area contributed by atoms with Crippen molar-refractivity contribution in [2.24, 2.45) is 5.73 Å². The summed E-state index contributed by atoms with van der Waals surface area (Å²) < 4.78 is 11.0. The summed E-state index contributed by atoms with van der Waals surface area (Å²) in [6, 6.07) is 13.0. The molecule has 0 aromatic heterocycles. The zero-order chi connectivity index (χ0) is 15.8. The Bertz CT molecular complexity index is 760. The molecule has 0 unspecified atom stereocenters. The van der Waals surface area contributed by atoms with Crippen LogP contribution in [-0.4, -0.2) is 25.2 Å². The van der Waals surface area contributed by atoms with Gasteiger partial charge in [-0.15, -0.1) is 0 Å². The number of hydrogen-bond acceptors (Lipinski definition) is 4. The second-order valence-corrected chi connectivity index (χ2v) is 5.87. The quantitative estimate of drug-likeness (QED) is 0.887. The first kappa shape index (κ1) is 14.1. The third-order valence-corrected chi connectivity index (χ3v) is 4.41. The van der Waals surface area contributed by atoms with Crippen LogP contribution in [0.5, 0.6) is 11.5 Å². The van der Waals surface area contributed by atoms with Crippen molar-refractivity contribution in [3.8, 4) is 11.5 Å². The van der Waals surface area contributed by atoms with Crippen molar-refractivity contribution in [3.63, 3.8) is 0 Å². The summed E-state index contributed by atoms with van der Waals surface area (Å²) >= 11 is 0. The van der Waals surface area contributed by atoms with Gasteiger partial charge in [-0.05, 0) is 35.7 Å². The number of amides is 1. The summed E-state index contributed by atoms with van der Waals surface area (Å²) in [6.45, 7) is 1.04. The molecule has 0 fully saturated rings. The van der Waals surface area contributed by atoms with Crippen LogP contribution in [-0.2, 0) is 6.42 Å². The van der Waals surface area contributed by atoms with E-state index < -0.39 is 0 Å². The van der Waals surface area contributed by atoms with Crippen molar-refractivity contribution in [1.82, 2.24) is 5.32 Å². The molecule has 0 spiro atoms. The van der Waals surface area contributed by atoms with E-state index >= 15 is 0 Å². The molecule has 2 aromatic carbocycles. The highest BCUT2D eigenvalue weighted by Crippen LogP contribution is 2.32. The monoisotopic (exact) mass is 310 g/mol. The number of benzene rings is 2. The minimum atomic E-state index is -0.174. The van der Waals surface area contributed by atoms with Gasteiger partial charge in [-0.25, -0.2) is 0 Å². The first-order valence-corrected chi connectivity index (χ1v) is 7.76. The number of nitrogens with one attached hydrogen (secondary N) is 1. The molecule has 0 radical (unpaired) electrons. The van der Waals surface area contributed by atoms with Gasteiger partial charge in [-0.3, -0.25) is 4.79 Å². The third-order valence-electron chi connectivity index (χ3n) is 4.41. The highest BCUT2D eigenvalue weighted by molar-refractivity contribution is 5.95. The van der Waals surface area contributed by atoms with Crippen molar-refractivity contribution >= 4 is 5.91 Å². The first-order chi connectivity index (χ1) is 11.2. The van der Waals surface area contributed by atoms with Crippen LogP contribution in [0.1, 0.15) is 27.5 Å². The standard InChI is InChI=1S/C18H18N2O3/c19-17-13-4-2-1-3-11(13)9-14(17)20-18(21)12-5-6-15-16(10-12)23-8-7-22-15/h1-6,10,14,17H,7-9,19H2,(H,20,21)/t14-,17-/m0/s1. The van der Waals surface area contributed by atoms with Crippen LogP contribution >= 0.6 is 0 Å². The molecular weight excluding hydrogens is 292 g/mol. The molecule has 2 aliphatic rings. The van der Waals surface area contributed by atoms with Gasteiger partial charge in [0.05, 0.1) is 12.1 Å². The second kappa shape index (κ2) is 5.59. The summed E-state index contributed by atoms with van der Waals surface area (Å²) in [5.41, 5.74) is 9.13. The van der Waals surface area contributed by atoms with E-state index in [1.165, 1.54) is 5.56 Å². The number of hydrogen-bond donors (Lipinski definition) is 2. The molecule has 1 aliphatic heterocycles. The fourth-order valence-corrected chi connectivity index (χ4v) is 3.20. The van der Waals surface area contributed by atoms with E-state index in [0.717, 1.165) is 12.0 Å². The number of rotatable bonds is 2. The van der Waals surface area contributed by atoms with Gasteiger partial charge >= 0.3 is 0 Å². The van der Waals surface area contributed by atoms with Gasteiger partial charge in [-0.2, -0.15) is 0 Å². The molecule has 5 heteroatoms. The van der Waals surface area contributed by atoms with Crippen molar-refractivity contribution in [2.75, 3.05) is 13.2 Å². The van der Waals surface area contributed by atoms with Crippen LogP contribution in [0.4, 0.5) is 0 Å². The lowest BCUT2D eigenvalue weighted by molar-refractivity contribution is 0.0932. The minimum absolute atomic E-state index is 0.0897. The lowest BCUT2D eigenvalue weighted by Gasteiger charge is -2.20. The number of fused-ring (bicyclic) bond motifs is 2. The topological polar surface area (TPSA) is 73.6 Å². The van der Waals surface area contributed by atoms with Crippen molar-refractivity contribution in [2.45, 2.75) is 18.5 Å². The molecule has 1 aliphatic carbocycles. The average Bonchev–Trinajstić information content (AvgIpc) is 2.91. The average molecular weight is 310 g/mol. The van der Waals surface area contributed by atoms with Crippen molar-refractivity contribution in [1.29, 1.82) is 0 Å². The molecule has 2 aromatic rings. The van der Waals surface area contributed by atoms with Gasteiger partial charge in [-0.1, -0.05) is 24.3 Å². The lowest BCUT2D eigenvalue weighted by Crippen LogP contribution is -2.40. The molecule has 3 N–H and O–H groups in total. The van der Waals surface area contributed by atoms with Crippen LogP contribution in [0.25, 0.3) is 0 Å². The predicted molar refractivity (Wildman–Crippen MR) is 85.8 cm³/mol. The van der Waals surface area contributed by atoms with Crippen LogP contribution in [0.15, 0.2) is 42.5 Å². The zero-order valence-corrected chi connectivity index (χ0v) is 12.6. The minimum Gasteiger partial charge on any atom is -0.486 e. The van der Waals surface area contributed by atoms with Crippen LogP contribution in [0.3, 0.4) is 0 Å². The molecule has 23 heavy (non-hydrogen) atoms. The Morgan fingerprint density at radius 1 is 1.09 bits per heavy atom. The molecule has 118 valence electrons. The number of carbonyl (C=O) groups excluding carboxylic acids is 1. The Morgan fingerprint density at radius 2 is 1.87 bits per heavy atom. The molecular formula is C18H18N2O3. The van der Waals surface area contributed by atoms with E-state index in [-0.39, 0.29) is 18.0 Å². The maximum absolute atomic E-state index is 12.5. The fourth-order valence-electron chi connectivity index (χ4n) is 3.20. The summed E-state index contributed by atoms with van der Waals surface area (Å²) in [4.78, 5) is 12.5. The Hall–Kier alpha value is -2.53. The Labute approximate surface area is 134 Å². The lowest BCUT2D eigenvalue weighted by atomic mass is 10.1. The van der Waals surface area contributed by atoms with E-state index in [1.807, 2.05) is 18.2 Å². The number of carbonyl (C=O) groups is 1. The maximum atomic E-state index is 12.5. The van der Waals surface area contributed by atoms with Crippen LogP contribution in [0.2, 0.25) is 0 Å². The van der Waals surface area contributed by atoms with Gasteiger partial charge in [0.2, 0.25) is 0 Å². The maximum Gasteiger partial charge on any atom is 0.251 e. The summed E-state index contributed by atoms with van der Waals surface area (Å²) in [5, 5.41) is 3.04. The van der Waals surface area contributed by atoms with E-state index in [9.17, 15) is 4.79 Å². The molecule has 5 nitrogen and oxygen atoms in total. The number of nitrogens with two attached hydrogens (primary N) is 1. The molecule has 1 heterocycles. The van der Waals surface area contributed by atoms with Gasteiger partial charge in [0.15, 0.2) is 11.5 Å². The second-order valence-electron chi connectivity index (χ2n) is 5.87. The Kier molecular flexibility index (Phi) is 3.42.